The van der Waals surface area contributed by atoms with E-state index in [-0.39, 0.29) is 6.61 Å². The molecular formula is C15H16N2O3. The topological polar surface area (TPSA) is 71.2 Å². The van der Waals surface area contributed by atoms with Crippen molar-refractivity contribution in [3.05, 3.63) is 41.6 Å². The van der Waals surface area contributed by atoms with Crippen LogP contribution in [0.25, 0.3) is 11.3 Å². The second-order valence-electron chi connectivity index (χ2n) is 4.22. The van der Waals surface area contributed by atoms with Crippen LogP contribution in [0.4, 0.5) is 5.69 Å². The van der Waals surface area contributed by atoms with Crippen molar-refractivity contribution in [1.29, 1.82) is 0 Å². The minimum absolute atomic E-state index is 0.282. The molecule has 0 aliphatic carbocycles. The van der Waals surface area contributed by atoms with Crippen LogP contribution in [0.1, 0.15) is 23.0 Å². The number of esters is 1. The highest BCUT2D eigenvalue weighted by Crippen LogP contribution is 2.33. The maximum atomic E-state index is 12.0. The molecule has 0 radical (unpaired) electrons. The standard InChI is InChI=1S/C15H16N2O3/c1-3-20-15(19)12-10(2)17-13(14(12)16-9-18)11-7-5-4-6-8-11/h4-9,17H,3H2,1-2H3,(H,16,18). The molecule has 0 atom stereocenters. The average Bonchev–Trinajstić information content (AvgIpc) is 2.77. The fourth-order valence-electron chi connectivity index (χ4n) is 2.11. The van der Waals surface area contributed by atoms with Crippen molar-refractivity contribution >= 4 is 18.1 Å². The van der Waals surface area contributed by atoms with Crippen LogP contribution in [0.15, 0.2) is 30.3 Å². The largest absolute Gasteiger partial charge is 0.462 e. The summed E-state index contributed by atoms with van der Waals surface area (Å²) in [6.45, 7) is 3.80. The van der Waals surface area contributed by atoms with Gasteiger partial charge in [0.15, 0.2) is 0 Å². The summed E-state index contributed by atoms with van der Waals surface area (Å²) >= 11 is 0. The average molecular weight is 272 g/mol. The van der Waals surface area contributed by atoms with Gasteiger partial charge in [0, 0.05) is 11.3 Å². The first-order chi connectivity index (χ1) is 9.69. The lowest BCUT2D eigenvalue weighted by molar-refractivity contribution is -0.105. The van der Waals surface area contributed by atoms with E-state index >= 15 is 0 Å². The minimum atomic E-state index is -0.451. The molecule has 5 nitrogen and oxygen atoms in total. The zero-order chi connectivity index (χ0) is 14.5. The summed E-state index contributed by atoms with van der Waals surface area (Å²) in [7, 11) is 0. The van der Waals surface area contributed by atoms with Gasteiger partial charge in [-0.2, -0.15) is 0 Å². The molecule has 2 aromatic rings. The molecule has 1 heterocycles. The SMILES string of the molecule is CCOC(=O)c1c(C)[nH]c(-c2ccccc2)c1NC=O. The first-order valence-electron chi connectivity index (χ1n) is 6.34. The zero-order valence-corrected chi connectivity index (χ0v) is 11.4. The number of aryl methyl sites for hydroxylation is 1. The number of anilines is 1. The zero-order valence-electron chi connectivity index (χ0n) is 11.4. The Kier molecular flexibility index (Phi) is 4.20. The number of ether oxygens (including phenoxy) is 1. The Morgan fingerprint density at radius 1 is 1.35 bits per heavy atom. The molecule has 0 saturated carbocycles. The Hall–Kier alpha value is -2.56. The Bertz CT molecular complexity index is 618. The molecule has 20 heavy (non-hydrogen) atoms. The van der Waals surface area contributed by atoms with E-state index in [4.69, 9.17) is 4.74 Å². The number of aromatic amines is 1. The van der Waals surface area contributed by atoms with E-state index in [2.05, 4.69) is 10.3 Å². The normalized spacial score (nSPS) is 10.1. The monoisotopic (exact) mass is 272 g/mol. The number of amides is 1. The first kappa shape index (κ1) is 13.9. The predicted octanol–water partition coefficient (Wildman–Crippen LogP) is 2.74. The first-order valence-corrected chi connectivity index (χ1v) is 6.34. The van der Waals surface area contributed by atoms with E-state index in [0.29, 0.717) is 29.0 Å². The van der Waals surface area contributed by atoms with Gasteiger partial charge in [-0.3, -0.25) is 4.79 Å². The van der Waals surface area contributed by atoms with Crippen LogP contribution in [0.5, 0.6) is 0 Å². The fraction of sp³-hybridized carbons (Fsp3) is 0.200. The summed E-state index contributed by atoms with van der Waals surface area (Å²) in [6, 6.07) is 9.48. The van der Waals surface area contributed by atoms with Crippen LogP contribution >= 0.6 is 0 Å². The molecular weight excluding hydrogens is 256 g/mol. The Morgan fingerprint density at radius 2 is 2.05 bits per heavy atom. The van der Waals surface area contributed by atoms with E-state index in [1.807, 2.05) is 30.3 Å². The highest BCUT2D eigenvalue weighted by molar-refractivity contribution is 6.03. The van der Waals surface area contributed by atoms with Crippen molar-refractivity contribution in [3.8, 4) is 11.3 Å². The van der Waals surface area contributed by atoms with Gasteiger partial charge >= 0.3 is 5.97 Å². The summed E-state index contributed by atoms with van der Waals surface area (Å²) in [4.78, 5) is 26.0. The van der Waals surface area contributed by atoms with E-state index in [9.17, 15) is 9.59 Å². The lowest BCUT2D eigenvalue weighted by atomic mass is 10.1. The second-order valence-corrected chi connectivity index (χ2v) is 4.22. The molecule has 1 aromatic carbocycles. The summed E-state index contributed by atoms with van der Waals surface area (Å²) in [6.07, 6.45) is 0.553. The maximum Gasteiger partial charge on any atom is 0.342 e. The quantitative estimate of drug-likeness (QED) is 0.649. The maximum absolute atomic E-state index is 12.0. The molecule has 0 fully saturated rings. The lowest BCUT2D eigenvalue weighted by Crippen LogP contribution is -2.08. The van der Waals surface area contributed by atoms with Crippen LogP contribution in [-0.2, 0) is 9.53 Å². The number of rotatable bonds is 5. The van der Waals surface area contributed by atoms with E-state index in [1.165, 1.54) is 0 Å². The Labute approximate surface area is 117 Å². The van der Waals surface area contributed by atoms with E-state index < -0.39 is 5.97 Å². The highest BCUT2D eigenvalue weighted by atomic mass is 16.5. The van der Waals surface area contributed by atoms with E-state index in [1.54, 1.807) is 13.8 Å². The molecule has 0 saturated heterocycles. The van der Waals surface area contributed by atoms with Crippen molar-refractivity contribution in [3.63, 3.8) is 0 Å². The summed E-state index contributed by atoms with van der Waals surface area (Å²) in [5.74, 6) is -0.451. The van der Waals surface area contributed by atoms with Crippen LogP contribution in [0.3, 0.4) is 0 Å². The van der Waals surface area contributed by atoms with Crippen molar-refractivity contribution in [2.24, 2.45) is 0 Å². The number of aromatic nitrogens is 1. The third-order valence-corrected chi connectivity index (χ3v) is 2.93. The number of benzene rings is 1. The molecule has 2 N–H and O–H groups in total. The molecule has 104 valence electrons. The lowest BCUT2D eigenvalue weighted by Gasteiger charge is -2.06. The summed E-state index contributed by atoms with van der Waals surface area (Å²) < 4.78 is 5.03. The molecule has 0 spiro atoms. The molecule has 0 aliphatic heterocycles. The van der Waals surface area contributed by atoms with Crippen LogP contribution in [-0.4, -0.2) is 24.0 Å². The molecule has 1 aromatic heterocycles. The molecule has 0 aliphatic rings. The number of nitrogens with one attached hydrogen (secondary N) is 2. The second kappa shape index (κ2) is 6.06. The van der Waals surface area contributed by atoms with Crippen LogP contribution in [0.2, 0.25) is 0 Å². The van der Waals surface area contributed by atoms with Crippen molar-refractivity contribution in [2.45, 2.75) is 13.8 Å². The smallest absolute Gasteiger partial charge is 0.342 e. The summed E-state index contributed by atoms with van der Waals surface area (Å²) in [5, 5.41) is 2.59. The number of hydrogen-bond donors (Lipinski definition) is 2. The van der Waals surface area contributed by atoms with Gasteiger partial charge in [-0.05, 0) is 13.8 Å². The van der Waals surface area contributed by atoms with Gasteiger partial charge in [-0.1, -0.05) is 30.3 Å². The number of carbonyl (C=O) groups is 2. The van der Waals surface area contributed by atoms with Gasteiger partial charge in [0.2, 0.25) is 6.41 Å². The fourth-order valence-corrected chi connectivity index (χ4v) is 2.11. The predicted molar refractivity (Wildman–Crippen MR) is 76.6 cm³/mol. The third-order valence-electron chi connectivity index (χ3n) is 2.93. The molecule has 0 unspecified atom stereocenters. The van der Waals surface area contributed by atoms with Gasteiger partial charge < -0.3 is 15.0 Å². The molecule has 2 rings (SSSR count). The Balaban J connectivity index is 2.56. The van der Waals surface area contributed by atoms with Crippen LogP contribution < -0.4 is 5.32 Å². The molecule has 5 heteroatoms. The van der Waals surface area contributed by atoms with Crippen LogP contribution in [0, 0.1) is 6.92 Å². The van der Waals surface area contributed by atoms with Gasteiger partial charge in [-0.15, -0.1) is 0 Å². The van der Waals surface area contributed by atoms with E-state index in [0.717, 1.165) is 5.56 Å². The van der Waals surface area contributed by atoms with Crippen molar-refractivity contribution in [2.75, 3.05) is 11.9 Å². The highest BCUT2D eigenvalue weighted by Gasteiger charge is 2.22. The number of carbonyl (C=O) groups excluding carboxylic acids is 2. The third kappa shape index (κ3) is 2.56. The molecule has 0 bridgehead atoms. The van der Waals surface area contributed by atoms with Crippen molar-refractivity contribution < 1.29 is 14.3 Å². The molecule has 1 amide bonds. The van der Waals surface area contributed by atoms with Gasteiger partial charge in [-0.25, -0.2) is 4.79 Å². The summed E-state index contributed by atoms with van der Waals surface area (Å²) in [5.41, 5.74) is 3.04. The van der Waals surface area contributed by atoms with Crippen molar-refractivity contribution in [1.82, 2.24) is 4.98 Å². The Morgan fingerprint density at radius 3 is 2.65 bits per heavy atom. The van der Waals surface area contributed by atoms with Gasteiger partial charge in [0.25, 0.3) is 0 Å². The number of H-pyrrole nitrogens is 1. The van der Waals surface area contributed by atoms with Gasteiger partial charge in [0.05, 0.1) is 18.0 Å². The van der Waals surface area contributed by atoms with Gasteiger partial charge in [0.1, 0.15) is 5.56 Å². The minimum Gasteiger partial charge on any atom is -0.462 e. The number of hydrogen-bond acceptors (Lipinski definition) is 3.